The Balaban J connectivity index is 3.01. The molecule has 19 heavy (non-hydrogen) atoms. The Labute approximate surface area is 111 Å². The molecular formula is C14H19F2NO2. The molecule has 0 bridgehead atoms. The number of esters is 1. The Hall–Kier alpha value is -1.49. The second-order valence-electron chi connectivity index (χ2n) is 5.12. The quantitative estimate of drug-likeness (QED) is 0.837. The van der Waals surface area contributed by atoms with E-state index in [4.69, 9.17) is 5.73 Å². The lowest BCUT2D eigenvalue weighted by Crippen LogP contribution is -2.40. The van der Waals surface area contributed by atoms with Crippen molar-refractivity contribution in [3.8, 4) is 0 Å². The summed E-state index contributed by atoms with van der Waals surface area (Å²) in [7, 11) is 1.31. The third kappa shape index (κ3) is 4.28. The van der Waals surface area contributed by atoms with Crippen molar-refractivity contribution in [2.45, 2.75) is 38.2 Å². The van der Waals surface area contributed by atoms with Crippen LogP contribution in [-0.2, 0) is 9.53 Å². The number of hydrogen-bond acceptors (Lipinski definition) is 3. The summed E-state index contributed by atoms with van der Waals surface area (Å²) in [6.07, 6.45) is -2.38. The largest absolute Gasteiger partial charge is 0.469 e. The number of methoxy groups -OCH3 is 1. The second-order valence-corrected chi connectivity index (χ2v) is 5.12. The van der Waals surface area contributed by atoms with Crippen LogP contribution in [0.2, 0.25) is 0 Å². The Morgan fingerprint density at radius 2 is 1.74 bits per heavy atom. The van der Waals surface area contributed by atoms with Gasteiger partial charge in [0.05, 0.1) is 13.5 Å². The van der Waals surface area contributed by atoms with Crippen molar-refractivity contribution in [3.63, 3.8) is 0 Å². The molecule has 0 saturated carbocycles. The summed E-state index contributed by atoms with van der Waals surface area (Å²) in [6.45, 7) is 3.59. The van der Waals surface area contributed by atoms with Gasteiger partial charge in [0.15, 0.2) is 0 Å². The van der Waals surface area contributed by atoms with Gasteiger partial charge >= 0.3 is 5.97 Å². The molecule has 0 spiro atoms. The number of alkyl halides is 2. The van der Waals surface area contributed by atoms with Crippen LogP contribution in [0.4, 0.5) is 8.78 Å². The lowest BCUT2D eigenvalue weighted by Gasteiger charge is -2.30. The first kappa shape index (κ1) is 15.6. The lowest BCUT2D eigenvalue weighted by molar-refractivity contribution is -0.141. The first-order valence-electron chi connectivity index (χ1n) is 5.99. The molecule has 3 nitrogen and oxygen atoms in total. The molecule has 0 radical (unpaired) electrons. The molecule has 0 heterocycles. The smallest absolute Gasteiger partial charge is 0.306 e. The zero-order valence-corrected chi connectivity index (χ0v) is 11.3. The van der Waals surface area contributed by atoms with E-state index >= 15 is 0 Å². The summed E-state index contributed by atoms with van der Waals surface area (Å²) in [4.78, 5) is 11.4. The van der Waals surface area contributed by atoms with Crippen LogP contribution in [0.1, 0.15) is 43.7 Å². The van der Waals surface area contributed by atoms with Crippen molar-refractivity contribution < 1.29 is 18.3 Å². The van der Waals surface area contributed by atoms with Crippen LogP contribution in [0.3, 0.4) is 0 Å². The van der Waals surface area contributed by atoms with Crippen LogP contribution in [0.5, 0.6) is 0 Å². The molecule has 2 N–H and O–H groups in total. The topological polar surface area (TPSA) is 52.3 Å². The molecule has 1 unspecified atom stereocenters. The third-order valence-electron chi connectivity index (χ3n) is 3.09. The first-order valence-corrected chi connectivity index (χ1v) is 5.99. The average molecular weight is 271 g/mol. The molecule has 5 heteroatoms. The van der Waals surface area contributed by atoms with E-state index in [0.717, 1.165) is 5.56 Å². The average Bonchev–Trinajstić information content (AvgIpc) is 2.34. The van der Waals surface area contributed by atoms with Crippen LogP contribution in [0.15, 0.2) is 24.3 Å². The number of halogens is 2. The maximum Gasteiger partial charge on any atom is 0.306 e. The second kappa shape index (κ2) is 6.10. The molecule has 0 aliphatic rings. The molecular weight excluding hydrogens is 252 g/mol. The number of hydrogen-bond donors (Lipinski definition) is 1. The monoisotopic (exact) mass is 271 g/mol. The van der Waals surface area contributed by atoms with E-state index in [2.05, 4.69) is 4.74 Å². The van der Waals surface area contributed by atoms with E-state index < -0.39 is 12.0 Å². The van der Waals surface area contributed by atoms with E-state index in [1.807, 2.05) is 0 Å². The fraction of sp³-hybridized carbons (Fsp3) is 0.500. The highest BCUT2D eigenvalue weighted by Crippen LogP contribution is 2.31. The fourth-order valence-corrected chi connectivity index (χ4v) is 1.93. The van der Waals surface area contributed by atoms with Crippen molar-refractivity contribution in [1.29, 1.82) is 0 Å². The Bertz CT molecular complexity index is 424. The van der Waals surface area contributed by atoms with Gasteiger partial charge in [0.1, 0.15) is 0 Å². The number of ether oxygens (including phenoxy) is 1. The van der Waals surface area contributed by atoms with Crippen LogP contribution < -0.4 is 5.73 Å². The summed E-state index contributed by atoms with van der Waals surface area (Å²) in [6, 6.07) is 5.89. The number of nitrogens with two attached hydrogens (primary N) is 1. The normalized spacial score (nSPS) is 13.4. The predicted octanol–water partition coefficient (Wildman–Crippen LogP) is 3.01. The minimum Gasteiger partial charge on any atom is -0.469 e. The van der Waals surface area contributed by atoms with Crippen LogP contribution in [0, 0.1) is 0 Å². The molecule has 1 aromatic rings. The maximum absolute atomic E-state index is 12.5. The highest BCUT2D eigenvalue weighted by Gasteiger charge is 2.29. The van der Waals surface area contributed by atoms with Gasteiger partial charge in [-0.2, -0.15) is 0 Å². The third-order valence-corrected chi connectivity index (χ3v) is 3.09. The van der Waals surface area contributed by atoms with Crippen molar-refractivity contribution in [1.82, 2.24) is 0 Å². The zero-order chi connectivity index (χ0) is 14.6. The van der Waals surface area contributed by atoms with Gasteiger partial charge in [-0.3, -0.25) is 4.79 Å². The Kier molecular flexibility index (Phi) is 5.00. The summed E-state index contributed by atoms with van der Waals surface area (Å²) in [5, 5.41) is 0. The molecule has 1 rings (SSSR count). The summed E-state index contributed by atoms with van der Waals surface area (Å²) >= 11 is 0. The van der Waals surface area contributed by atoms with Crippen LogP contribution >= 0.6 is 0 Å². The van der Waals surface area contributed by atoms with Gasteiger partial charge < -0.3 is 10.5 Å². The van der Waals surface area contributed by atoms with E-state index in [-0.39, 0.29) is 23.9 Å². The number of rotatable bonds is 5. The van der Waals surface area contributed by atoms with Crippen molar-refractivity contribution in [2.24, 2.45) is 5.73 Å². The minimum atomic E-state index is -2.50. The zero-order valence-electron chi connectivity index (χ0n) is 11.3. The first-order chi connectivity index (χ1) is 8.75. The highest BCUT2D eigenvalue weighted by atomic mass is 19.3. The van der Waals surface area contributed by atoms with Gasteiger partial charge in [-0.05, 0) is 19.4 Å². The summed E-state index contributed by atoms with van der Waals surface area (Å²) in [5.74, 6) is -0.659. The van der Waals surface area contributed by atoms with Gasteiger partial charge in [-0.1, -0.05) is 24.3 Å². The lowest BCUT2D eigenvalue weighted by atomic mass is 9.80. The molecule has 0 fully saturated rings. The highest BCUT2D eigenvalue weighted by molar-refractivity contribution is 5.70. The Morgan fingerprint density at radius 3 is 2.11 bits per heavy atom. The fourth-order valence-electron chi connectivity index (χ4n) is 1.93. The standard InChI is InChI=1S/C14H19F2NO2/c1-14(2,17)11(8-12(18)19-3)9-4-6-10(7-5-9)13(15)16/h4-7,11,13H,8,17H2,1-3H3. The van der Waals surface area contributed by atoms with Crippen molar-refractivity contribution in [2.75, 3.05) is 7.11 Å². The molecule has 0 aliphatic carbocycles. The van der Waals surface area contributed by atoms with Crippen molar-refractivity contribution >= 4 is 5.97 Å². The van der Waals surface area contributed by atoms with Gasteiger partial charge in [0.25, 0.3) is 6.43 Å². The van der Waals surface area contributed by atoms with Gasteiger partial charge in [-0.25, -0.2) is 8.78 Å². The molecule has 106 valence electrons. The number of benzene rings is 1. The van der Waals surface area contributed by atoms with E-state index in [0.29, 0.717) is 0 Å². The van der Waals surface area contributed by atoms with Crippen molar-refractivity contribution in [3.05, 3.63) is 35.4 Å². The maximum atomic E-state index is 12.5. The SMILES string of the molecule is COC(=O)CC(c1ccc(C(F)F)cc1)C(C)(C)N. The van der Waals surface area contributed by atoms with Gasteiger partial charge in [0, 0.05) is 17.0 Å². The number of carbonyl (C=O) groups excluding carboxylic acids is 1. The summed E-state index contributed by atoms with van der Waals surface area (Å²) in [5.41, 5.74) is 6.11. The minimum absolute atomic E-state index is 0.0459. The van der Waals surface area contributed by atoms with Crippen LogP contribution in [0.25, 0.3) is 0 Å². The Morgan fingerprint density at radius 1 is 1.26 bits per heavy atom. The van der Waals surface area contributed by atoms with Crippen LogP contribution in [-0.4, -0.2) is 18.6 Å². The molecule has 1 aromatic carbocycles. The molecule has 1 atom stereocenters. The molecule has 0 saturated heterocycles. The molecule has 0 aromatic heterocycles. The molecule has 0 amide bonds. The summed E-state index contributed by atoms with van der Waals surface area (Å²) < 4.78 is 29.6. The van der Waals surface area contributed by atoms with E-state index in [1.54, 1.807) is 26.0 Å². The van der Waals surface area contributed by atoms with Gasteiger partial charge in [-0.15, -0.1) is 0 Å². The van der Waals surface area contributed by atoms with E-state index in [1.165, 1.54) is 19.2 Å². The predicted molar refractivity (Wildman–Crippen MR) is 69.0 cm³/mol. The number of carbonyl (C=O) groups is 1. The van der Waals surface area contributed by atoms with E-state index in [9.17, 15) is 13.6 Å². The molecule has 0 aliphatic heterocycles. The van der Waals surface area contributed by atoms with Gasteiger partial charge in [0.2, 0.25) is 0 Å².